The third-order valence-corrected chi connectivity index (χ3v) is 5.39. The van der Waals surface area contributed by atoms with Gasteiger partial charge in [0.1, 0.15) is 5.75 Å². The van der Waals surface area contributed by atoms with E-state index in [-0.39, 0.29) is 11.5 Å². The monoisotopic (exact) mass is 345 g/mol. The lowest BCUT2D eigenvalue weighted by atomic mass is 10.0. The van der Waals surface area contributed by atoms with Crippen molar-refractivity contribution in [1.82, 2.24) is 4.31 Å². The van der Waals surface area contributed by atoms with Gasteiger partial charge in [0.25, 0.3) is 0 Å². The first-order valence-corrected chi connectivity index (χ1v) is 9.32. The van der Waals surface area contributed by atoms with Crippen molar-refractivity contribution in [3.63, 3.8) is 0 Å². The molecule has 5 nitrogen and oxygen atoms in total. The van der Waals surface area contributed by atoms with E-state index in [2.05, 4.69) is 0 Å². The Balaban J connectivity index is 1.71. The molecule has 0 aliphatic carbocycles. The van der Waals surface area contributed by atoms with Gasteiger partial charge in [-0.05, 0) is 37.1 Å². The van der Waals surface area contributed by atoms with Gasteiger partial charge in [0.15, 0.2) is 5.78 Å². The van der Waals surface area contributed by atoms with E-state index in [1.165, 1.54) is 16.4 Å². The molecule has 0 amide bonds. The van der Waals surface area contributed by atoms with Crippen molar-refractivity contribution in [2.24, 2.45) is 0 Å². The normalized spacial score (nSPS) is 15.8. The molecule has 0 N–H and O–H groups in total. The zero-order valence-electron chi connectivity index (χ0n) is 13.2. The fraction of sp³-hybridized carbons (Fsp3) is 0.278. The lowest BCUT2D eigenvalue weighted by Crippen LogP contribution is -2.38. The topological polar surface area (TPSA) is 63.7 Å². The Labute approximate surface area is 142 Å². The zero-order chi connectivity index (χ0) is 17.0. The molecule has 6 heteroatoms. The maximum absolute atomic E-state index is 12.3. The standard InChI is InChI=1S/C18H19NO4S/c20-18(15-7-3-1-4-8-15)16-9-11-17(12-10-16)23-24(21,22)19-13-5-2-6-14-19/h1,3-4,7-12H,2,5-6,13-14H2. The second-order valence-corrected chi connectivity index (χ2v) is 7.26. The summed E-state index contributed by atoms with van der Waals surface area (Å²) in [4.78, 5) is 12.3. The highest BCUT2D eigenvalue weighted by Crippen LogP contribution is 2.20. The molecule has 2 aromatic carbocycles. The predicted molar refractivity (Wildman–Crippen MR) is 91.3 cm³/mol. The Bertz CT molecular complexity index is 795. The summed E-state index contributed by atoms with van der Waals surface area (Å²) >= 11 is 0. The highest BCUT2D eigenvalue weighted by Gasteiger charge is 2.25. The van der Waals surface area contributed by atoms with Crippen molar-refractivity contribution < 1.29 is 17.4 Å². The number of hydrogen-bond acceptors (Lipinski definition) is 4. The quantitative estimate of drug-likeness (QED) is 0.782. The summed E-state index contributed by atoms with van der Waals surface area (Å²) in [5.74, 6) is 0.103. The van der Waals surface area contributed by atoms with Gasteiger partial charge in [0, 0.05) is 24.2 Å². The van der Waals surface area contributed by atoms with Crippen LogP contribution in [0.4, 0.5) is 0 Å². The molecule has 126 valence electrons. The first-order valence-electron chi connectivity index (χ1n) is 7.96. The number of benzene rings is 2. The SMILES string of the molecule is O=C(c1ccccc1)c1ccc(OS(=O)(=O)N2CCCCC2)cc1. The van der Waals surface area contributed by atoms with E-state index in [4.69, 9.17) is 4.18 Å². The summed E-state index contributed by atoms with van der Waals surface area (Å²) in [6.45, 7) is 0.986. The van der Waals surface area contributed by atoms with Crippen molar-refractivity contribution in [1.29, 1.82) is 0 Å². The number of hydrogen-bond donors (Lipinski definition) is 0. The van der Waals surface area contributed by atoms with Crippen LogP contribution >= 0.6 is 0 Å². The first kappa shape index (κ1) is 16.7. The fourth-order valence-electron chi connectivity index (χ4n) is 2.68. The van der Waals surface area contributed by atoms with E-state index in [9.17, 15) is 13.2 Å². The van der Waals surface area contributed by atoms with Crippen LogP contribution in [0.15, 0.2) is 54.6 Å². The van der Waals surface area contributed by atoms with E-state index in [0.717, 1.165) is 19.3 Å². The highest BCUT2D eigenvalue weighted by atomic mass is 32.2. The molecule has 1 fully saturated rings. The molecule has 1 saturated heterocycles. The Hall–Kier alpha value is -2.18. The molecule has 0 unspecified atom stereocenters. The van der Waals surface area contributed by atoms with Crippen molar-refractivity contribution in [2.75, 3.05) is 13.1 Å². The van der Waals surface area contributed by atoms with E-state index in [0.29, 0.717) is 24.2 Å². The van der Waals surface area contributed by atoms with Gasteiger partial charge in [-0.15, -0.1) is 0 Å². The molecule has 24 heavy (non-hydrogen) atoms. The second-order valence-electron chi connectivity index (χ2n) is 5.72. The summed E-state index contributed by atoms with van der Waals surface area (Å²) in [6.07, 6.45) is 2.75. The molecule has 0 radical (unpaired) electrons. The largest absolute Gasteiger partial charge is 0.385 e. The molecule has 1 heterocycles. The van der Waals surface area contributed by atoms with E-state index < -0.39 is 10.3 Å². The molecule has 0 atom stereocenters. The maximum Gasteiger partial charge on any atom is 0.385 e. The minimum atomic E-state index is -3.77. The van der Waals surface area contributed by atoms with Crippen LogP contribution in [0.1, 0.15) is 35.2 Å². The lowest BCUT2D eigenvalue weighted by Gasteiger charge is -2.25. The first-order chi connectivity index (χ1) is 11.6. The van der Waals surface area contributed by atoms with Crippen LogP contribution in [0.3, 0.4) is 0 Å². The Morgan fingerprint density at radius 3 is 2.04 bits per heavy atom. The third-order valence-electron chi connectivity index (χ3n) is 3.99. The number of carbonyl (C=O) groups is 1. The minimum Gasteiger partial charge on any atom is -0.371 e. The Kier molecular flexibility index (Phi) is 4.97. The van der Waals surface area contributed by atoms with E-state index >= 15 is 0 Å². The Morgan fingerprint density at radius 2 is 1.42 bits per heavy atom. The summed E-state index contributed by atoms with van der Waals surface area (Å²) in [5, 5.41) is 0. The average molecular weight is 345 g/mol. The van der Waals surface area contributed by atoms with Crippen LogP contribution in [-0.2, 0) is 10.3 Å². The summed E-state index contributed by atoms with van der Waals surface area (Å²) < 4.78 is 31.0. The summed E-state index contributed by atoms with van der Waals surface area (Å²) in [5.41, 5.74) is 1.08. The predicted octanol–water partition coefficient (Wildman–Crippen LogP) is 3.03. The zero-order valence-corrected chi connectivity index (χ0v) is 14.0. The number of piperidine rings is 1. The molecule has 0 spiro atoms. The number of rotatable bonds is 5. The fourth-order valence-corrected chi connectivity index (χ4v) is 3.85. The van der Waals surface area contributed by atoms with E-state index in [1.807, 2.05) is 6.07 Å². The van der Waals surface area contributed by atoms with Gasteiger partial charge < -0.3 is 4.18 Å². The number of ketones is 1. The molecular weight excluding hydrogens is 326 g/mol. The van der Waals surface area contributed by atoms with Crippen LogP contribution in [0.5, 0.6) is 5.75 Å². The molecule has 1 aliphatic heterocycles. The van der Waals surface area contributed by atoms with Crippen molar-refractivity contribution >= 4 is 16.1 Å². The van der Waals surface area contributed by atoms with Crippen molar-refractivity contribution in [3.05, 3.63) is 65.7 Å². The molecule has 2 aromatic rings. The molecule has 0 saturated carbocycles. The van der Waals surface area contributed by atoms with Gasteiger partial charge in [-0.25, -0.2) is 0 Å². The van der Waals surface area contributed by atoms with Gasteiger partial charge in [-0.1, -0.05) is 36.8 Å². The van der Waals surface area contributed by atoms with Crippen LogP contribution < -0.4 is 4.18 Å². The lowest BCUT2D eigenvalue weighted by molar-refractivity contribution is 0.103. The average Bonchev–Trinajstić information content (AvgIpc) is 2.63. The molecule has 3 rings (SSSR count). The van der Waals surface area contributed by atoms with Gasteiger partial charge in [-0.3, -0.25) is 4.79 Å². The van der Waals surface area contributed by atoms with Gasteiger partial charge >= 0.3 is 10.3 Å². The van der Waals surface area contributed by atoms with E-state index in [1.54, 1.807) is 36.4 Å². The van der Waals surface area contributed by atoms with Crippen LogP contribution in [-0.4, -0.2) is 31.6 Å². The minimum absolute atomic E-state index is 0.110. The highest BCUT2D eigenvalue weighted by molar-refractivity contribution is 7.84. The van der Waals surface area contributed by atoms with Crippen LogP contribution in [0.2, 0.25) is 0 Å². The molecule has 1 aliphatic rings. The molecule has 0 bridgehead atoms. The third kappa shape index (κ3) is 3.83. The van der Waals surface area contributed by atoms with Crippen molar-refractivity contribution in [3.8, 4) is 5.75 Å². The number of carbonyl (C=O) groups excluding carboxylic acids is 1. The summed E-state index contributed by atoms with van der Waals surface area (Å²) in [7, 11) is -3.77. The number of nitrogens with zero attached hydrogens (tertiary/aromatic N) is 1. The van der Waals surface area contributed by atoms with Crippen molar-refractivity contribution in [2.45, 2.75) is 19.3 Å². The van der Waals surface area contributed by atoms with Gasteiger partial charge in [0.05, 0.1) is 0 Å². The van der Waals surface area contributed by atoms with Crippen LogP contribution in [0, 0.1) is 0 Å². The van der Waals surface area contributed by atoms with Gasteiger partial charge in [-0.2, -0.15) is 12.7 Å². The second kappa shape index (κ2) is 7.15. The summed E-state index contributed by atoms with van der Waals surface area (Å²) in [6, 6.07) is 15.1. The molecule has 0 aromatic heterocycles. The van der Waals surface area contributed by atoms with Crippen LogP contribution in [0.25, 0.3) is 0 Å². The van der Waals surface area contributed by atoms with Gasteiger partial charge in [0.2, 0.25) is 0 Å². The molecular formula is C18H19NO4S. The maximum atomic E-state index is 12.3. The smallest absolute Gasteiger partial charge is 0.371 e. The Morgan fingerprint density at radius 1 is 0.833 bits per heavy atom.